The van der Waals surface area contributed by atoms with Gasteiger partial charge in [-0.25, -0.2) is 4.98 Å². The van der Waals surface area contributed by atoms with Crippen LogP contribution in [0.5, 0.6) is 5.88 Å². The zero-order valence-corrected chi connectivity index (χ0v) is 11.8. The monoisotopic (exact) mass is 333 g/mol. The van der Waals surface area contributed by atoms with Gasteiger partial charge in [0, 0.05) is 9.86 Å². The second-order valence-corrected chi connectivity index (χ2v) is 5.26. The van der Waals surface area contributed by atoms with Crippen molar-refractivity contribution in [3.63, 3.8) is 0 Å². The van der Waals surface area contributed by atoms with Crippen LogP contribution in [0.4, 0.5) is 13.2 Å². The molecule has 0 N–H and O–H groups in total. The molecule has 0 saturated carbocycles. The number of alkyl halides is 3. The summed E-state index contributed by atoms with van der Waals surface area (Å²) in [6.45, 7) is 3.32. The molecule has 1 aromatic heterocycles. The van der Waals surface area contributed by atoms with Crippen molar-refractivity contribution in [2.24, 2.45) is 0 Å². The van der Waals surface area contributed by atoms with Gasteiger partial charge in [-0.05, 0) is 38.1 Å². The van der Waals surface area contributed by atoms with E-state index in [9.17, 15) is 13.2 Å². The first-order valence-corrected chi connectivity index (χ1v) is 6.41. The number of ether oxygens (including phenoxy) is 1. The van der Waals surface area contributed by atoms with Crippen molar-refractivity contribution in [2.45, 2.75) is 26.1 Å². The predicted octanol–water partition coefficient (Wildman–Crippen LogP) is 4.80. The van der Waals surface area contributed by atoms with Gasteiger partial charge in [-0.1, -0.05) is 15.9 Å². The van der Waals surface area contributed by atoms with E-state index in [1.165, 1.54) is 0 Å². The molecule has 0 aliphatic heterocycles. The van der Waals surface area contributed by atoms with Gasteiger partial charge in [0.05, 0.1) is 11.6 Å². The van der Waals surface area contributed by atoms with Gasteiger partial charge in [0.2, 0.25) is 5.88 Å². The van der Waals surface area contributed by atoms with Gasteiger partial charge in [-0.15, -0.1) is 0 Å². The molecule has 0 fully saturated rings. The van der Waals surface area contributed by atoms with Crippen molar-refractivity contribution in [3.8, 4) is 5.88 Å². The summed E-state index contributed by atoms with van der Waals surface area (Å²) in [5, 5.41) is 0.415. The van der Waals surface area contributed by atoms with Crippen LogP contribution in [-0.2, 0) is 6.18 Å². The van der Waals surface area contributed by atoms with Crippen LogP contribution < -0.4 is 4.74 Å². The van der Waals surface area contributed by atoms with E-state index < -0.39 is 11.7 Å². The maximum atomic E-state index is 13.0. The molecule has 0 aliphatic carbocycles. The quantitative estimate of drug-likeness (QED) is 0.787. The highest BCUT2D eigenvalue weighted by Crippen LogP contribution is 2.37. The Morgan fingerprint density at radius 2 is 1.89 bits per heavy atom. The van der Waals surface area contributed by atoms with Gasteiger partial charge in [0.15, 0.2) is 0 Å². The molecule has 0 bridgehead atoms. The van der Waals surface area contributed by atoms with Crippen LogP contribution in [0.15, 0.2) is 28.7 Å². The average molecular weight is 334 g/mol. The Morgan fingerprint density at radius 3 is 2.47 bits per heavy atom. The molecule has 2 rings (SSSR count). The van der Waals surface area contributed by atoms with Gasteiger partial charge in [0.25, 0.3) is 0 Å². The summed E-state index contributed by atoms with van der Waals surface area (Å²) >= 11 is 3.23. The smallest absolute Gasteiger partial charge is 0.421 e. The van der Waals surface area contributed by atoms with Gasteiger partial charge in [-0.2, -0.15) is 13.2 Å². The lowest BCUT2D eigenvalue weighted by Gasteiger charge is -2.16. The Labute approximate surface area is 116 Å². The predicted molar refractivity (Wildman–Crippen MR) is 70.2 cm³/mol. The molecule has 0 unspecified atom stereocenters. The van der Waals surface area contributed by atoms with E-state index >= 15 is 0 Å². The van der Waals surface area contributed by atoms with Crippen molar-refractivity contribution >= 4 is 26.8 Å². The molecule has 6 heteroatoms. The third-order valence-corrected chi connectivity index (χ3v) is 2.89. The SMILES string of the molecule is CC(C)Oc1nc2ccc(Br)cc2cc1C(F)(F)F. The third-order valence-electron chi connectivity index (χ3n) is 2.39. The number of nitrogens with zero attached hydrogens (tertiary/aromatic N) is 1. The van der Waals surface area contributed by atoms with Gasteiger partial charge in [0.1, 0.15) is 5.56 Å². The average Bonchev–Trinajstić information content (AvgIpc) is 2.26. The van der Waals surface area contributed by atoms with Crippen molar-refractivity contribution in [1.82, 2.24) is 4.98 Å². The minimum atomic E-state index is -4.49. The van der Waals surface area contributed by atoms with Crippen molar-refractivity contribution in [2.75, 3.05) is 0 Å². The molecule has 1 heterocycles. The molecular formula is C13H11BrF3NO. The number of benzene rings is 1. The van der Waals surface area contributed by atoms with Crippen LogP contribution in [0, 0.1) is 0 Å². The Kier molecular flexibility index (Phi) is 3.71. The standard InChI is InChI=1S/C13H11BrF3NO/c1-7(2)19-12-10(13(15,16)17)6-8-5-9(14)3-4-11(8)18-12/h3-7H,1-2H3. The van der Waals surface area contributed by atoms with E-state index in [4.69, 9.17) is 4.74 Å². The van der Waals surface area contributed by atoms with Crippen LogP contribution in [-0.4, -0.2) is 11.1 Å². The Hall–Kier alpha value is -1.30. The molecule has 2 nitrogen and oxygen atoms in total. The van der Waals surface area contributed by atoms with Gasteiger partial charge in [-0.3, -0.25) is 0 Å². The summed E-state index contributed by atoms with van der Waals surface area (Å²) in [7, 11) is 0. The number of pyridine rings is 1. The van der Waals surface area contributed by atoms with Gasteiger partial charge < -0.3 is 4.74 Å². The summed E-state index contributed by atoms with van der Waals surface area (Å²) in [4.78, 5) is 3.96. The lowest BCUT2D eigenvalue weighted by Crippen LogP contribution is -2.14. The molecule has 102 valence electrons. The van der Waals surface area contributed by atoms with Crippen LogP contribution in [0.25, 0.3) is 10.9 Å². The fraction of sp³-hybridized carbons (Fsp3) is 0.308. The number of aromatic nitrogens is 1. The lowest BCUT2D eigenvalue weighted by molar-refractivity contribution is -0.139. The van der Waals surface area contributed by atoms with E-state index in [0.29, 0.717) is 15.4 Å². The molecule has 0 atom stereocenters. The minimum absolute atomic E-state index is 0.374. The maximum absolute atomic E-state index is 13.0. The van der Waals surface area contributed by atoms with Crippen molar-refractivity contribution in [3.05, 3.63) is 34.3 Å². The van der Waals surface area contributed by atoms with Crippen LogP contribution in [0.2, 0.25) is 0 Å². The number of rotatable bonds is 2. The summed E-state index contributed by atoms with van der Waals surface area (Å²) in [5.74, 6) is -0.377. The first kappa shape index (κ1) is 14.1. The maximum Gasteiger partial charge on any atom is 0.421 e. The van der Waals surface area contributed by atoms with Crippen LogP contribution in [0.1, 0.15) is 19.4 Å². The Balaban J connectivity index is 2.66. The highest BCUT2D eigenvalue weighted by Gasteiger charge is 2.36. The first-order chi connectivity index (χ1) is 8.77. The number of hydrogen-bond acceptors (Lipinski definition) is 2. The summed E-state index contributed by atoms with van der Waals surface area (Å²) in [6.07, 6.45) is -4.87. The molecule has 0 aliphatic rings. The fourth-order valence-electron chi connectivity index (χ4n) is 1.65. The second-order valence-electron chi connectivity index (χ2n) is 4.34. The first-order valence-electron chi connectivity index (χ1n) is 5.61. The van der Waals surface area contributed by atoms with Crippen LogP contribution >= 0.6 is 15.9 Å². The van der Waals surface area contributed by atoms with Crippen molar-refractivity contribution < 1.29 is 17.9 Å². The summed E-state index contributed by atoms with van der Waals surface area (Å²) < 4.78 is 44.9. The summed E-state index contributed by atoms with van der Waals surface area (Å²) in [5.41, 5.74) is -0.390. The minimum Gasteiger partial charge on any atom is -0.475 e. The largest absolute Gasteiger partial charge is 0.475 e. The number of hydrogen-bond donors (Lipinski definition) is 0. The van der Waals surface area contributed by atoms with E-state index in [1.54, 1.807) is 32.0 Å². The highest BCUT2D eigenvalue weighted by atomic mass is 79.9. The van der Waals surface area contributed by atoms with Crippen molar-refractivity contribution in [1.29, 1.82) is 0 Å². The van der Waals surface area contributed by atoms with E-state index in [0.717, 1.165) is 6.07 Å². The normalized spacial score (nSPS) is 12.2. The lowest BCUT2D eigenvalue weighted by atomic mass is 10.1. The van der Waals surface area contributed by atoms with E-state index in [-0.39, 0.29) is 12.0 Å². The fourth-order valence-corrected chi connectivity index (χ4v) is 2.02. The second kappa shape index (κ2) is 5.00. The number of fused-ring (bicyclic) bond motifs is 1. The molecule has 2 aromatic rings. The zero-order chi connectivity index (χ0) is 14.2. The molecule has 19 heavy (non-hydrogen) atoms. The molecular weight excluding hydrogens is 323 g/mol. The summed E-state index contributed by atoms with van der Waals surface area (Å²) in [6, 6.07) is 6.02. The van der Waals surface area contributed by atoms with E-state index in [1.807, 2.05) is 0 Å². The molecule has 1 aromatic carbocycles. The molecule has 0 spiro atoms. The molecule has 0 amide bonds. The number of halogens is 4. The molecule has 0 radical (unpaired) electrons. The highest BCUT2D eigenvalue weighted by molar-refractivity contribution is 9.10. The Bertz CT molecular complexity index is 611. The third kappa shape index (κ3) is 3.18. The van der Waals surface area contributed by atoms with E-state index in [2.05, 4.69) is 20.9 Å². The topological polar surface area (TPSA) is 22.1 Å². The van der Waals surface area contributed by atoms with Crippen LogP contribution in [0.3, 0.4) is 0 Å². The zero-order valence-electron chi connectivity index (χ0n) is 10.3. The van der Waals surface area contributed by atoms with Gasteiger partial charge >= 0.3 is 6.18 Å². The molecule has 0 saturated heterocycles. The Morgan fingerprint density at radius 1 is 1.21 bits per heavy atom.